The highest BCUT2D eigenvalue weighted by atomic mass is 16.6. The van der Waals surface area contributed by atoms with E-state index in [1.807, 2.05) is 0 Å². The first kappa shape index (κ1) is 16.1. The predicted octanol–water partition coefficient (Wildman–Crippen LogP) is 3.81. The highest BCUT2D eigenvalue weighted by Crippen LogP contribution is 2.33. The molecule has 0 saturated carbocycles. The van der Waals surface area contributed by atoms with Gasteiger partial charge in [0.2, 0.25) is 5.28 Å². The molecule has 0 aliphatic heterocycles. The van der Waals surface area contributed by atoms with Crippen molar-refractivity contribution >= 4 is 5.57 Å². The second-order valence-corrected chi connectivity index (χ2v) is 5.94. The minimum atomic E-state index is 0.188. The lowest BCUT2D eigenvalue weighted by molar-refractivity contribution is -0.703. The Balaban J connectivity index is 1.95. The van der Waals surface area contributed by atoms with E-state index in [9.17, 15) is 5.21 Å². The quantitative estimate of drug-likeness (QED) is 0.529. The summed E-state index contributed by atoms with van der Waals surface area (Å²) in [4.78, 5) is 0.188. The molecule has 1 aliphatic rings. The van der Waals surface area contributed by atoms with E-state index in [1.165, 1.54) is 32.8 Å². The molecule has 0 fully saturated rings. The normalized spacial score (nSPS) is 13.7. The second kappa shape index (κ2) is 7.17. The zero-order valence-corrected chi connectivity index (χ0v) is 13.7. The molecule has 0 atom stereocenters. The van der Waals surface area contributed by atoms with Crippen LogP contribution >= 0.6 is 0 Å². The third-order valence-electron chi connectivity index (χ3n) is 4.45. The Morgan fingerprint density at radius 3 is 2.17 bits per heavy atom. The van der Waals surface area contributed by atoms with Crippen molar-refractivity contribution in [1.29, 1.82) is 0 Å². The lowest BCUT2D eigenvalue weighted by Crippen LogP contribution is -2.26. The summed E-state index contributed by atoms with van der Waals surface area (Å²) in [7, 11) is 1.60. The Bertz CT molecular complexity index is 734. The first-order valence-electron chi connectivity index (χ1n) is 8.10. The minimum absolute atomic E-state index is 0.188. The highest BCUT2D eigenvalue weighted by Gasteiger charge is 2.17. The van der Waals surface area contributed by atoms with Crippen LogP contribution < -0.4 is 0 Å². The monoisotopic (exact) mass is 323 g/mol. The van der Waals surface area contributed by atoms with Crippen LogP contribution in [0.3, 0.4) is 0 Å². The van der Waals surface area contributed by atoms with E-state index in [0.29, 0.717) is 13.0 Å². The molecule has 124 valence electrons. The van der Waals surface area contributed by atoms with Crippen molar-refractivity contribution in [2.75, 3.05) is 13.6 Å². The van der Waals surface area contributed by atoms with Crippen LogP contribution in [-0.4, -0.2) is 28.8 Å². The molecule has 2 aromatic carbocycles. The summed E-state index contributed by atoms with van der Waals surface area (Å²) in [6, 6.07) is 17.0. The number of hydrogen-bond acceptors (Lipinski definition) is 2. The number of nitrogens with zero attached hydrogens (tertiary/aromatic N) is 3. The molecule has 5 heteroatoms. The second-order valence-electron chi connectivity index (χ2n) is 5.94. The molecule has 5 nitrogen and oxygen atoms in total. The van der Waals surface area contributed by atoms with Crippen LogP contribution in [0, 0.1) is 5.21 Å². The SMILES string of the molecule is CN(CCC=C1c2ccccc2CCc2ccccc21)/[N+]([O-])=N/O. The van der Waals surface area contributed by atoms with Gasteiger partial charge >= 0.3 is 0 Å². The molecule has 1 N–H and O–H groups in total. The summed E-state index contributed by atoms with van der Waals surface area (Å²) in [5.74, 6) is 0. The summed E-state index contributed by atoms with van der Waals surface area (Å²) in [5.41, 5.74) is 6.44. The summed E-state index contributed by atoms with van der Waals surface area (Å²) in [6.07, 6.45) is 4.91. The van der Waals surface area contributed by atoms with Crippen LogP contribution in [0.15, 0.2) is 59.9 Å². The molecule has 0 saturated heterocycles. The standard InChI is InChI=1S/C19H21N3O2/c1-21(22(24)20-23)14-6-11-19-17-9-4-2-7-15(17)12-13-16-8-3-5-10-18(16)19/h2-5,7-11,23H,6,12-14H2,1H3/b22-20-. The molecule has 2 aromatic rings. The lowest BCUT2D eigenvalue weighted by atomic mass is 9.93. The Morgan fingerprint density at radius 1 is 1.08 bits per heavy atom. The Labute approximate surface area is 141 Å². The summed E-state index contributed by atoms with van der Waals surface area (Å²) in [6.45, 7) is 0.474. The highest BCUT2D eigenvalue weighted by molar-refractivity contribution is 5.83. The average Bonchev–Trinajstić information content (AvgIpc) is 2.78. The number of rotatable bonds is 4. The number of benzene rings is 2. The Morgan fingerprint density at radius 2 is 1.62 bits per heavy atom. The van der Waals surface area contributed by atoms with Crippen LogP contribution in [0.4, 0.5) is 0 Å². The van der Waals surface area contributed by atoms with Crippen molar-refractivity contribution in [3.05, 3.63) is 82.1 Å². The van der Waals surface area contributed by atoms with Gasteiger partial charge in [0.25, 0.3) is 0 Å². The van der Waals surface area contributed by atoms with E-state index in [2.05, 4.69) is 59.9 Å². The van der Waals surface area contributed by atoms with Crippen molar-refractivity contribution in [1.82, 2.24) is 5.01 Å². The van der Waals surface area contributed by atoms with Crippen molar-refractivity contribution in [3.8, 4) is 0 Å². The van der Waals surface area contributed by atoms with Gasteiger partial charge in [0.1, 0.15) is 0 Å². The topological polar surface area (TPSA) is 61.9 Å². The van der Waals surface area contributed by atoms with Crippen molar-refractivity contribution in [3.63, 3.8) is 0 Å². The minimum Gasteiger partial charge on any atom is -0.569 e. The van der Waals surface area contributed by atoms with Crippen LogP contribution in [-0.2, 0) is 12.8 Å². The summed E-state index contributed by atoms with van der Waals surface area (Å²) in [5, 5.41) is 23.7. The van der Waals surface area contributed by atoms with Gasteiger partial charge in [0.15, 0.2) is 0 Å². The van der Waals surface area contributed by atoms with E-state index < -0.39 is 0 Å². The average molecular weight is 323 g/mol. The summed E-state index contributed by atoms with van der Waals surface area (Å²) >= 11 is 0. The van der Waals surface area contributed by atoms with Gasteiger partial charge in [-0.2, -0.15) is 0 Å². The Kier molecular flexibility index (Phi) is 4.79. The smallest absolute Gasteiger partial charge is 0.230 e. The third-order valence-corrected chi connectivity index (χ3v) is 4.45. The van der Waals surface area contributed by atoms with Crippen molar-refractivity contribution < 1.29 is 10.2 Å². The van der Waals surface area contributed by atoms with Gasteiger partial charge in [0, 0.05) is 0 Å². The fourth-order valence-electron chi connectivity index (χ4n) is 3.19. The van der Waals surface area contributed by atoms with Crippen LogP contribution in [0.25, 0.3) is 5.57 Å². The summed E-state index contributed by atoms with van der Waals surface area (Å²) < 4.78 is 0. The molecule has 0 amide bonds. The maximum absolute atomic E-state index is 11.3. The molecule has 0 spiro atoms. The van der Waals surface area contributed by atoms with Crippen LogP contribution in [0.5, 0.6) is 0 Å². The number of hydrazine groups is 1. The molecular formula is C19H21N3O2. The van der Waals surface area contributed by atoms with Crippen LogP contribution in [0.2, 0.25) is 0 Å². The van der Waals surface area contributed by atoms with Crippen molar-refractivity contribution in [2.24, 2.45) is 5.28 Å². The van der Waals surface area contributed by atoms with Gasteiger partial charge in [-0.15, -0.1) is 5.01 Å². The zero-order chi connectivity index (χ0) is 16.9. The number of hydrogen-bond donors (Lipinski definition) is 1. The molecule has 0 unspecified atom stereocenters. The fourth-order valence-corrected chi connectivity index (χ4v) is 3.19. The van der Waals surface area contributed by atoms with E-state index >= 15 is 0 Å². The van der Waals surface area contributed by atoms with Crippen molar-refractivity contribution in [2.45, 2.75) is 19.3 Å². The predicted molar refractivity (Wildman–Crippen MR) is 92.5 cm³/mol. The maximum atomic E-state index is 11.3. The molecule has 0 heterocycles. The number of aryl methyl sites for hydroxylation is 2. The first-order valence-corrected chi connectivity index (χ1v) is 8.10. The molecule has 0 bridgehead atoms. The van der Waals surface area contributed by atoms with Gasteiger partial charge in [-0.1, -0.05) is 54.6 Å². The van der Waals surface area contributed by atoms with Gasteiger partial charge in [-0.25, -0.2) is 0 Å². The van der Waals surface area contributed by atoms with Crippen LogP contribution in [0.1, 0.15) is 28.7 Å². The van der Waals surface area contributed by atoms with Gasteiger partial charge in [-0.05, 0) is 47.1 Å². The lowest BCUT2D eigenvalue weighted by Gasteiger charge is -2.14. The fraction of sp³-hybridized carbons (Fsp3) is 0.263. The molecule has 0 radical (unpaired) electrons. The molecule has 3 rings (SSSR count). The van der Waals surface area contributed by atoms with E-state index in [1.54, 1.807) is 7.05 Å². The van der Waals surface area contributed by atoms with E-state index in [0.717, 1.165) is 12.8 Å². The van der Waals surface area contributed by atoms with E-state index in [4.69, 9.17) is 5.21 Å². The first-order chi connectivity index (χ1) is 11.7. The van der Waals surface area contributed by atoms with E-state index in [-0.39, 0.29) is 4.97 Å². The van der Waals surface area contributed by atoms with Gasteiger partial charge in [-0.3, -0.25) is 0 Å². The maximum Gasteiger partial charge on any atom is 0.230 e. The number of fused-ring (bicyclic) bond motifs is 2. The molecular weight excluding hydrogens is 302 g/mol. The Hall–Kier alpha value is -2.82. The van der Waals surface area contributed by atoms with Gasteiger partial charge in [0.05, 0.1) is 18.6 Å². The molecule has 0 aromatic heterocycles. The largest absolute Gasteiger partial charge is 0.569 e. The third kappa shape index (κ3) is 3.25. The zero-order valence-electron chi connectivity index (χ0n) is 13.7. The molecule has 24 heavy (non-hydrogen) atoms. The van der Waals surface area contributed by atoms with Gasteiger partial charge < -0.3 is 10.4 Å². The molecule has 1 aliphatic carbocycles.